The molecule has 2 fully saturated rings. The van der Waals surface area contributed by atoms with Gasteiger partial charge in [0.05, 0.1) is 18.4 Å². The maximum absolute atomic E-state index is 14.9. The number of likely N-dealkylation sites (N-methyl/N-ethyl adjacent to an activating group) is 1. The lowest BCUT2D eigenvalue weighted by atomic mass is 9.95. The number of likely N-dealkylation sites (tertiary alicyclic amines) is 2. The van der Waals surface area contributed by atoms with Crippen molar-refractivity contribution in [1.29, 1.82) is 0 Å². The molecule has 0 radical (unpaired) electrons. The Kier molecular flexibility index (Phi) is 32.6. The van der Waals surface area contributed by atoms with E-state index in [0.29, 0.717) is 32.2 Å². The molecule has 2 aliphatic heterocycles. The van der Waals surface area contributed by atoms with Crippen molar-refractivity contribution in [3.05, 3.63) is 35.9 Å². The number of amides is 10. The number of primary amides is 1. The van der Waals surface area contributed by atoms with Gasteiger partial charge in [-0.1, -0.05) is 125 Å². The molecule has 89 heavy (non-hydrogen) atoms. The fourth-order valence-corrected chi connectivity index (χ4v) is 11.2. The number of aliphatic carboxylic acids is 1. The summed E-state index contributed by atoms with van der Waals surface area (Å²) in [5.41, 5.74) is 17.3. The molecule has 1 aromatic carbocycles. The van der Waals surface area contributed by atoms with E-state index in [1.165, 1.54) is 7.05 Å². The van der Waals surface area contributed by atoms with Gasteiger partial charge in [-0.2, -0.15) is 0 Å². The Morgan fingerprint density at radius 3 is 1.84 bits per heavy atom. The van der Waals surface area contributed by atoms with Gasteiger partial charge < -0.3 is 74.0 Å². The summed E-state index contributed by atoms with van der Waals surface area (Å²) >= 11 is 0. The van der Waals surface area contributed by atoms with Crippen LogP contribution in [-0.2, 0) is 59.2 Å². The lowest BCUT2D eigenvalue weighted by Crippen LogP contribution is -2.61. The summed E-state index contributed by atoms with van der Waals surface area (Å²) in [4.78, 5) is 161. The van der Waals surface area contributed by atoms with E-state index >= 15 is 0 Å². The Hall–Kier alpha value is -7.38. The number of aliphatic imine (C=N–C) groups is 1. The van der Waals surface area contributed by atoms with E-state index in [1.807, 2.05) is 58.0 Å². The van der Waals surface area contributed by atoms with E-state index in [9.17, 15) is 63.0 Å². The maximum Gasteiger partial charge on any atom is 0.305 e. The molecular formula is C63H105N13O13. The van der Waals surface area contributed by atoms with Crippen molar-refractivity contribution in [2.45, 2.75) is 226 Å². The van der Waals surface area contributed by atoms with Gasteiger partial charge in [-0.15, -0.1) is 0 Å². The smallest absolute Gasteiger partial charge is 0.305 e. The number of nitrogens with zero attached hydrogens (tertiary/aromatic N) is 4. The highest BCUT2D eigenvalue weighted by Gasteiger charge is 2.46. The third kappa shape index (κ3) is 25.9. The van der Waals surface area contributed by atoms with Crippen LogP contribution in [0.15, 0.2) is 35.3 Å². The van der Waals surface area contributed by atoms with Crippen LogP contribution in [0, 0.1) is 29.6 Å². The molecule has 0 spiro atoms. The monoisotopic (exact) mass is 1250 g/mol. The number of carboxylic acid groups (broad SMARTS) is 1. The zero-order chi connectivity index (χ0) is 66.7. The van der Waals surface area contributed by atoms with E-state index in [4.69, 9.17) is 17.2 Å². The second kappa shape index (κ2) is 38.2. The number of nitrogens with two attached hydrogens (primary N) is 3. The molecule has 26 nitrogen and oxygen atoms in total. The third-order valence-corrected chi connectivity index (χ3v) is 16.3. The fraction of sp³-hybridized carbons (Fsp3) is 0.714. The average Bonchev–Trinajstić information content (AvgIpc) is 4.17. The van der Waals surface area contributed by atoms with Crippen LogP contribution in [-0.4, -0.2) is 184 Å². The number of unbranched alkanes of at least 4 members (excludes halogenated alkanes) is 4. The number of aliphatic hydroxyl groups excluding tert-OH is 1. The highest BCUT2D eigenvalue weighted by molar-refractivity contribution is 5.99. The largest absolute Gasteiger partial charge is 0.481 e. The summed E-state index contributed by atoms with van der Waals surface area (Å²) in [5, 5.41) is 37.3. The Morgan fingerprint density at radius 2 is 1.25 bits per heavy atom. The van der Waals surface area contributed by atoms with Gasteiger partial charge in [0, 0.05) is 52.5 Å². The van der Waals surface area contributed by atoms with Crippen LogP contribution in [0.1, 0.15) is 171 Å². The summed E-state index contributed by atoms with van der Waals surface area (Å²) in [5.74, 6) is -10.3. The number of rotatable bonds is 38. The Bertz CT molecular complexity index is 2550. The van der Waals surface area contributed by atoms with Crippen LogP contribution in [0.25, 0.3) is 0 Å². The Labute approximate surface area is 525 Å². The van der Waals surface area contributed by atoms with E-state index in [0.717, 1.165) is 47.5 Å². The normalized spacial score (nSPS) is 18.5. The summed E-state index contributed by atoms with van der Waals surface area (Å²) in [7, 11) is 1.31. The van der Waals surface area contributed by atoms with Crippen LogP contribution >= 0.6 is 0 Å². The van der Waals surface area contributed by atoms with E-state index < -0.39 is 132 Å². The van der Waals surface area contributed by atoms with E-state index in [-0.39, 0.29) is 94.2 Å². The first kappa shape index (κ1) is 75.9. The van der Waals surface area contributed by atoms with Gasteiger partial charge >= 0.3 is 5.97 Å². The highest BCUT2D eigenvalue weighted by atomic mass is 16.4. The van der Waals surface area contributed by atoms with Crippen LogP contribution in [0.2, 0.25) is 0 Å². The molecule has 0 bridgehead atoms. The van der Waals surface area contributed by atoms with E-state index in [2.05, 4.69) is 43.8 Å². The van der Waals surface area contributed by atoms with Gasteiger partial charge in [0.1, 0.15) is 48.3 Å². The van der Waals surface area contributed by atoms with Crippen molar-refractivity contribution in [3.8, 4) is 0 Å². The molecule has 14 N–H and O–H groups in total. The van der Waals surface area contributed by atoms with Crippen molar-refractivity contribution in [1.82, 2.24) is 46.6 Å². The molecule has 2 aliphatic rings. The number of piperidine rings is 1. The van der Waals surface area contributed by atoms with E-state index in [1.54, 1.807) is 32.6 Å². The summed E-state index contributed by atoms with van der Waals surface area (Å²) in [6, 6.07) is -1.63. The summed E-state index contributed by atoms with van der Waals surface area (Å²) in [6.45, 7) is 17.0. The molecule has 0 aromatic heterocycles. The number of carbonyl (C=O) groups excluding carboxylic acids is 10. The average molecular weight is 1250 g/mol. The maximum atomic E-state index is 14.9. The predicted molar refractivity (Wildman–Crippen MR) is 336 cm³/mol. The lowest BCUT2D eigenvalue weighted by Gasteiger charge is -2.35. The fourth-order valence-electron chi connectivity index (χ4n) is 11.2. The minimum Gasteiger partial charge on any atom is -0.481 e. The molecule has 26 heteroatoms. The number of guanidine groups is 1. The summed E-state index contributed by atoms with van der Waals surface area (Å²) in [6.07, 6.45) is 4.86. The quantitative estimate of drug-likeness (QED) is 0.0255. The van der Waals surface area contributed by atoms with Gasteiger partial charge in [-0.3, -0.25) is 57.7 Å². The van der Waals surface area contributed by atoms with Crippen LogP contribution < -0.4 is 49.1 Å². The standard InChI is InChI=1S/C63H105N13O13/c1-11-13-14-15-19-26-51(78)75-28-21-24-42(35-75)55(82)69-46(32-41-22-17-16-18-23-41)58(85)70-45(29-37(3)4)57(84)72-48(30-38(5)6)61(88)76-36-43(77)33-50(76)62(89)74(10)49(31-39(7)8)60(87)71-47(34-52(79)80)59(86)68-44(25-20-27-67-63(65)66)56(83)73-53(54(64)81)40(9)12-2/h16-18,22-23,37-40,42-50,53,77H,11-15,19-21,24-36H2,1-10H3,(H2,64,81)(H,68,86)(H,69,82)(H,70,85)(H,71,87)(H,72,84)(H,73,83)(H,79,80)(H4,65,66,67)/t40-,42-,43+,44-,45-,46-,47-,48-,49-,50-,53-/m0/s1. The number of benzene rings is 1. The zero-order valence-electron chi connectivity index (χ0n) is 54.2. The van der Waals surface area contributed by atoms with Crippen molar-refractivity contribution >= 4 is 71.0 Å². The van der Waals surface area contributed by atoms with Crippen LogP contribution in [0.4, 0.5) is 0 Å². The van der Waals surface area contributed by atoms with Crippen molar-refractivity contribution in [2.24, 2.45) is 51.8 Å². The highest BCUT2D eigenvalue weighted by Crippen LogP contribution is 2.26. The first-order valence-corrected chi connectivity index (χ1v) is 31.9. The lowest BCUT2D eigenvalue weighted by molar-refractivity contribution is -0.149. The molecule has 500 valence electrons. The van der Waals surface area contributed by atoms with Gasteiger partial charge in [0.25, 0.3) is 0 Å². The van der Waals surface area contributed by atoms with Crippen molar-refractivity contribution < 1.29 is 63.0 Å². The molecule has 3 rings (SSSR count). The number of β-amino-alcohol motifs (C(OH)–C–C–N with tert-alkyl or cyclic N) is 1. The van der Waals surface area contributed by atoms with Gasteiger partial charge in [-0.05, 0) is 80.6 Å². The number of nitrogens with one attached hydrogen (secondary N) is 6. The molecule has 2 saturated heterocycles. The SMILES string of the molecule is CCCCCCCC(=O)N1CCC[C@H](C(=O)N[C@@H](Cc2ccccc2)C(=O)N[C@@H](CC(C)C)C(=O)N[C@@H](CC(C)C)C(=O)N2C[C@H](O)C[C@H]2C(=O)N(C)[C@@H](CC(C)C)C(=O)N[C@@H](CC(=O)O)C(=O)N[C@@H](CCCN=C(N)N)C(=O)N[C@H](C(N)=O)[C@@H](C)CC)C1. The predicted octanol–water partition coefficient (Wildman–Crippen LogP) is 1.72. The number of carboxylic acids is 1. The molecule has 0 saturated carbocycles. The first-order valence-electron chi connectivity index (χ1n) is 31.9. The molecule has 0 unspecified atom stereocenters. The minimum absolute atomic E-state index is 0.000858. The second-order valence-electron chi connectivity index (χ2n) is 25.4. The number of hydrogen-bond acceptors (Lipinski definition) is 13. The molecule has 10 amide bonds. The number of hydrogen-bond donors (Lipinski definition) is 11. The zero-order valence-corrected chi connectivity index (χ0v) is 54.2. The van der Waals surface area contributed by atoms with Crippen molar-refractivity contribution in [2.75, 3.05) is 33.2 Å². The minimum atomic E-state index is -1.81. The van der Waals surface area contributed by atoms with Crippen molar-refractivity contribution in [3.63, 3.8) is 0 Å². The molecule has 0 aliphatic carbocycles. The van der Waals surface area contributed by atoms with Crippen LogP contribution in [0.3, 0.4) is 0 Å². The summed E-state index contributed by atoms with van der Waals surface area (Å²) < 4.78 is 0. The van der Waals surface area contributed by atoms with Crippen LogP contribution in [0.5, 0.6) is 0 Å². The molecule has 2 heterocycles. The Morgan fingerprint density at radius 1 is 0.674 bits per heavy atom. The second-order valence-corrected chi connectivity index (χ2v) is 25.4. The first-order chi connectivity index (χ1) is 42.0. The molecular weight excluding hydrogens is 1150 g/mol. The van der Waals surface area contributed by atoms with Gasteiger partial charge in [0.15, 0.2) is 5.96 Å². The van der Waals surface area contributed by atoms with Gasteiger partial charge in [-0.25, -0.2) is 0 Å². The molecule has 1 aromatic rings. The number of aliphatic hydroxyl groups is 1. The third-order valence-electron chi connectivity index (χ3n) is 16.3. The molecule has 11 atom stereocenters. The Balaban J connectivity index is 1.90. The van der Waals surface area contributed by atoms with Gasteiger partial charge in [0.2, 0.25) is 59.1 Å². The topological polar surface area (TPSA) is 401 Å². The number of carbonyl (C=O) groups is 11.